The van der Waals surface area contributed by atoms with Gasteiger partial charge in [-0.15, -0.1) is 12.4 Å². The zero-order valence-corrected chi connectivity index (χ0v) is 12.5. The number of amides is 1. The van der Waals surface area contributed by atoms with Gasteiger partial charge in [-0.2, -0.15) is 4.31 Å². The topological polar surface area (TPSA) is 69.7 Å². The van der Waals surface area contributed by atoms with E-state index in [4.69, 9.17) is 0 Å². The number of carbonyl (C=O) groups is 1. The van der Waals surface area contributed by atoms with E-state index in [1.165, 1.54) is 10.6 Å². The molecule has 1 aliphatic rings. The maximum absolute atomic E-state index is 11.8. The van der Waals surface area contributed by atoms with E-state index in [1.54, 1.807) is 4.90 Å². The molecule has 1 aliphatic heterocycles. The number of nitrogens with zero attached hydrogens (tertiary/aromatic N) is 2. The van der Waals surface area contributed by atoms with Crippen LogP contribution in [0.15, 0.2) is 0 Å². The number of hydrogen-bond donors (Lipinski definition) is 1. The third-order valence-corrected chi connectivity index (χ3v) is 4.18. The number of piperazine rings is 1. The molecule has 0 atom stereocenters. The second-order valence-electron chi connectivity index (χ2n) is 4.25. The molecule has 1 amide bonds. The highest BCUT2D eigenvalue weighted by Gasteiger charge is 2.25. The van der Waals surface area contributed by atoms with Crippen LogP contribution in [0, 0.1) is 0 Å². The van der Waals surface area contributed by atoms with E-state index in [0.717, 1.165) is 13.0 Å². The molecule has 0 spiro atoms. The van der Waals surface area contributed by atoms with Gasteiger partial charge in [0, 0.05) is 32.6 Å². The van der Waals surface area contributed by atoms with E-state index in [2.05, 4.69) is 5.32 Å². The molecule has 0 aliphatic carbocycles. The maximum atomic E-state index is 11.8. The predicted octanol–water partition coefficient (Wildman–Crippen LogP) is -0.488. The summed E-state index contributed by atoms with van der Waals surface area (Å²) < 4.78 is 24.0. The van der Waals surface area contributed by atoms with Gasteiger partial charge in [-0.3, -0.25) is 4.79 Å². The van der Waals surface area contributed by atoms with Crippen LogP contribution < -0.4 is 5.32 Å². The number of halogens is 1. The first kappa shape index (κ1) is 17.6. The maximum Gasteiger partial charge on any atom is 0.222 e. The lowest BCUT2D eigenvalue weighted by atomic mass is 10.2. The van der Waals surface area contributed by atoms with Gasteiger partial charge in [-0.25, -0.2) is 8.42 Å². The average molecular weight is 300 g/mol. The van der Waals surface area contributed by atoms with Crippen LogP contribution in [0.4, 0.5) is 0 Å². The van der Waals surface area contributed by atoms with Crippen molar-refractivity contribution in [3.8, 4) is 0 Å². The lowest BCUT2D eigenvalue weighted by Crippen LogP contribution is -2.50. The van der Waals surface area contributed by atoms with Crippen LogP contribution in [-0.4, -0.2) is 69.6 Å². The molecule has 1 saturated heterocycles. The molecule has 6 nitrogen and oxygen atoms in total. The molecule has 0 aromatic carbocycles. The first-order valence-electron chi connectivity index (χ1n) is 5.82. The standard InChI is InChI=1S/C10H21N3O3S.ClH/c1-11-5-3-4-10(14)12-6-8-13(9-7-12)17(2,15)16;/h11H,3-9H2,1-2H3;1H. The molecule has 108 valence electrons. The van der Waals surface area contributed by atoms with Crippen LogP contribution in [0.5, 0.6) is 0 Å². The summed E-state index contributed by atoms with van der Waals surface area (Å²) in [6.45, 7) is 2.67. The Hall–Kier alpha value is -0.370. The summed E-state index contributed by atoms with van der Waals surface area (Å²) >= 11 is 0. The molecule has 0 bridgehead atoms. The van der Waals surface area contributed by atoms with Crippen molar-refractivity contribution in [2.45, 2.75) is 12.8 Å². The van der Waals surface area contributed by atoms with E-state index >= 15 is 0 Å². The van der Waals surface area contributed by atoms with Crippen molar-refractivity contribution in [1.29, 1.82) is 0 Å². The molecule has 1 fully saturated rings. The fourth-order valence-electron chi connectivity index (χ4n) is 1.84. The van der Waals surface area contributed by atoms with Gasteiger partial charge in [-0.1, -0.05) is 0 Å². The quantitative estimate of drug-likeness (QED) is 0.696. The number of nitrogens with one attached hydrogen (secondary N) is 1. The fourth-order valence-corrected chi connectivity index (χ4v) is 2.67. The molecule has 1 rings (SSSR count). The van der Waals surface area contributed by atoms with Gasteiger partial charge in [0.25, 0.3) is 0 Å². The molecular formula is C10H22ClN3O3S. The van der Waals surface area contributed by atoms with E-state index in [1.807, 2.05) is 7.05 Å². The van der Waals surface area contributed by atoms with Gasteiger partial charge in [0.2, 0.25) is 15.9 Å². The average Bonchev–Trinajstić information content (AvgIpc) is 2.28. The highest BCUT2D eigenvalue weighted by Crippen LogP contribution is 2.07. The summed E-state index contributed by atoms with van der Waals surface area (Å²) in [6.07, 6.45) is 2.55. The van der Waals surface area contributed by atoms with Crippen molar-refractivity contribution >= 4 is 28.3 Å². The minimum Gasteiger partial charge on any atom is -0.340 e. The first-order chi connectivity index (χ1) is 7.95. The zero-order chi connectivity index (χ0) is 12.9. The molecule has 0 unspecified atom stereocenters. The van der Waals surface area contributed by atoms with Crippen LogP contribution in [0.25, 0.3) is 0 Å². The molecule has 8 heteroatoms. The van der Waals surface area contributed by atoms with E-state index in [0.29, 0.717) is 32.6 Å². The van der Waals surface area contributed by atoms with E-state index in [-0.39, 0.29) is 18.3 Å². The molecule has 1 N–H and O–H groups in total. The second kappa shape index (κ2) is 7.93. The van der Waals surface area contributed by atoms with Gasteiger partial charge in [0.05, 0.1) is 6.26 Å². The molecule has 0 radical (unpaired) electrons. The largest absolute Gasteiger partial charge is 0.340 e. The van der Waals surface area contributed by atoms with Gasteiger partial charge in [0.1, 0.15) is 0 Å². The lowest BCUT2D eigenvalue weighted by Gasteiger charge is -2.33. The Kier molecular flexibility index (Phi) is 7.77. The summed E-state index contributed by atoms with van der Waals surface area (Å²) in [5.74, 6) is 0.119. The minimum absolute atomic E-state index is 0. The Morgan fingerprint density at radius 1 is 1.22 bits per heavy atom. The summed E-state index contributed by atoms with van der Waals surface area (Å²) in [5.41, 5.74) is 0. The van der Waals surface area contributed by atoms with Crippen molar-refractivity contribution in [2.75, 3.05) is 46.0 Å². The van der Waals surface area contributed by atoms with Crippen molar-refractivity contribution in [2.24, 2.45) is 0 Å². The predicted molar refractivity (Wildman–Crippen MR) is 73.4 cm³/mol. The van der Waals surface area contributed by atoms with E-state index in [9.17, 15) is 13.2 Å². The molecule has 0 aromatic heterocycles. The number of rotatable bonds is 5. The summed E-state index contributed by atoms with van der Waals surface area (Å²) in [4.78, 5) is 13.5. The Morgan fingerprint density at radius 2 is 1.78 bits per heavy atom. The highest BCUT2D eigenvalue weighted by atomic mass is 35.5. The fraction of sp³-hybridized carbons (Fsp3) is 0.900. The molecule has 0 aromatic rings. The SMILES string of the molecule is CNCCCC(=O)N1CCN(S(C)(=O)=O)CC1.Cl. The molecular weight excluding hydrogens is 278 g/mol. The molecule has 18 heavy (non-hydrogen) atoms. The molecule has 0 saturated carbocycles. The van der Waals surface area contributed by atoms with Crippen LogP contribution >= 0.6 is 12.4 Å². The third-order valence-electron chi connectivity index (χ3n) is 2.88. The van der Waals surface area contributed by atoms with Gasteiger partial charge >= 0.3 is 0 Å². The van der Waals surface area contributed by atoms with Crippen molar-refractivity contribution in [3.63, 3.8) is 0 Å². The lowest BCUT2D eigenvalue weighted by molar-refractivity contribution is -0.132. The minimum atomic E-state index is -3.11. The monoisotopic (exact) mass is 299 g/mol. The second-order valence-corrected chi connectivity index (χ2v) is 6.23. The van der Waals surface area contributed by atoms with Crippen molar-refractivity contribution < 1.29 is 13.2 Å². The smallest absolute Gasteiger partial charge is 0.222 e. The van der Waals surface area contributed by atoms with Crippen molar-refractivity contribution in [1.82, 2.24) is 14.5 Å². The Morgan fingerprint density at radius 3 is 2.22 bits per heavy atom. The zero-order valence-electron chi connectivity index (χ0n) is 10.9. The normalized spacial score (nSPS) is 17.3. The van der Waals surface area contributed by atoms with Gasteiger partial charge in [0.15, 0.2) is 0 Å². The van der Waals surface area contributed by atoms with Gasteiger partial charge < -0.3 is 10.2 Å². The van der Waals surface area contributed by atoms with Crippen LogP contribution in [0.1, 0.15) is 12.8 Å². The Balaban J connectivity index is 0.00000289. The third kappa shape index (κ3) is 5.51. The highest BCUT2D eigenvalue weighted by molar-refractivity contribution is 7.88. The van der Waals surface area contributed by atoms with Crippen LogP contribution in [0.3, 0.4) is 0 Å². The van der Waals surface area contributed by atoms with E-state index < -0.39 is 10.0 Å². The molecule has 1 heterocycles. The van der Waals surface area contributed by atoms with Crippen LogP contribution in [-0.2, 0) is 14.8 Å². The van der Waals surface area contributed by atoms with Gasteiger partial charge in [-0.05, 0) is 20.0 Å². The Labute approximate surface area is 115 Å². The Bertz CT molecular complexity index is 353. The summed E-state index contributed by atoms with van der Waals surface area (Å²) in [7, 11) is -1.25. The number of sulfonamides is 1. The van der Waals surface area contributed by atoms with Crippen LogP contribution in [0.2, 0.25) is 0 Å². The van der Waals surface area contributed by atoms with Crippen molar-refractivity contribution in [3.05, 3.63) is 0 Å². The summed E-state index contributed by atoms with van der Waals surface area (Å²) in [6, 6.07) is 0. The summed E-state index contributed by atoms with van der Waals surface area (Å²) in [5, 5.41) is 2.99. The number of hydrogen-bond acceptors (Lipinski definition) is 4. The number of carbonyl (C=O) groups excluding carboxylic acids is 1. The first-order valence-corrected chi connectivity index (χ1v) is 7.67.